The predicted octanol–water partition coefficient (Wildman–Crippen LogP) is 1.64. The molecule has 4 nitrogen and oxygen atoms in total. The highest BCUT2D eigenvalue weighted by molar-refractivity contribution is 9.11. The Balaban J connectivity index is 2.46. The van der Waals surface area contributed by atoms with Gasteiger partial charge in [0.2, 0.25) is 5.91 Å². The van der Waals surface area contributed by atoms with E-state index < -0.39 is 12.0 Å². The Labute approximate surface area is 99.4 Å². The molecule has 1 atom stereocenters. The molecule has 0 radical (unpaired) electrons. The molecule has 0 saturated heterocycles. The summed E-state index contributed by atoms with van der Waals surface area (Å²) < 4.78 is 0.955. The number of carboxylic acid groups (broad SMARTS) is 1. The fraction of sp³-hybridized carbons (Fsp3) is 0.333. The first-order valence-electron chi connectivity index (χ1n) is 4.25. The molecular formula is C9H10BrNO3S. The van der Waals surface area contributed by atoms with Crippen molar-refractivity contribution in [2.24, 2.45) is 0 Å². The number of halogens is 1. The molecular weight excluding hydrogens is 282 g/mol. The van der Waals surface area contributed by atoms with E-state index in [1.54, 1.807) is 0 Å². The summed E-state index contributed by atoms with van der Waals surface area (Å²) >= 11 is 4.75. The standard InChI is InChI=1S/C9H10BrNO3S/c1-5(9(13)14)11-8(12)4-6-2-3-7(10)15-6/h2-3,5H,4H2,1H3,(H,11,12)(H,13,14)/t5-/m0/s1. The summed E-state index contributed by atoms with van der Waals surface area (Å²) in [5.41, 5.74) is 0. The van der Waals surface area contributed by atoms with Gasteiger partial charge in [0.25, 0.3) is 0 Å². The molecule has 0 aliphatic heterocycles. The van der Waals surface area contributed by atoms with E-state index in [-0.39, 0.29) is 12.3 Å². The van der Waals surface area contributed by atoms with Gasteiger partial charge >= 0.3 is 5.97 Å². The van der Waals surface area contributed by atoms with E-state index >= 15 is 0 Å². The minimum Gasteiger partial charge on any atom is -0.480 e. The summed E-state index contributed by atoms with van der Waals surface area (Å²) in [6.07, 6.45) is 0.216. The highest BCUT2D eigenvalue weighted by atomic mass is 79.9. The molecule has 0 aliphatic rings. The Hall–Kier alpha value is -0.880. The normalized spacial score (nSPS) is 12.1. The third kappa shape index (κ3) is 4.01. The van der Waals surface area contributed by atoms with Crippen molar-refractivity contribution in [1.82, 2.24) is 5.32 Å². The van der Waals surface area contributed by atoms with Crippen LogP contribution < -0.4 is 5.32 Å². The van der Waals surface area contributed by atoms with Crippen molar-refractivity contribution >= 4 is 39.1 Å². The van der Waals surface area contributed by atoms with Gasteiger partial charge in [-0.05, 0) is 35.0 Å². The quantitative estimate of drug-likeness (QED) is 0.886. The molecule has 82 valence electrons. The summed E-state index contributed by atoms with van der Waals surface area (Å²) in [6.45, 7) is 1.44. The lowest BCUT2D eigenvalue weighted by Gasteiger charge is -2.07. The zero-order chi connectivity index (χ0) is 11.4. The molecule has 0 fully saturated rings. The molecule has 15 heavy (non-hydrogen) atoms. The predicted molar refractivity (Wildman–Crippen MR) is 61.0 cm³/mol. The van der Waals surface area contributed by atoms with Crippen LogP contribution in [0.2, 0.25) is 0 Å². The third-order valence-electron chi connectivity index (χ3n) is 1.71. The van der Waals surface area contributed by atoms with Crippen LogP contribution in [0.3, 0.4) is 0 Å². The van der Waals surface area contributed by atoms with Gasteiger partial charge in [-0.1, -0.05) is 0 Å². The van der Waals surface area contributed by atoms with E-state index in [1.807, 2.05) is 12.1 Å². The van der Waals surface area contributed by atoms with Gasteiger partial charge in [0, 0.05) is 4.88 Å². The second-order valence-corrected chi connectivity index (χ2v) is 5.56. The van der Waals surface area contributed by atoms with Crippen molar-refractivity contribution in [3.63, 3.8) is 0 Å². The maximum absolute atomic E-state index is 11.4. The van der Waals surface area contributed by atoms with E-state index in [9.17, 15) is 9.59 Å². The van der Waals surface area contributed by atoms with E-state index in [1.165, 1.54) is 18.3 Å². The average Bonchev–Trinajstić information content (AvgIpc) is 2.50. The summed E-state index contributed by atoms with van der Waals surface area (Å²) in [4.78, 5) is 22.7. The first-order valence-corrected chi connectivity index (χ1v) is 5.86. The molecule has 0 bridgehead atoms. The number of carbonyl (C=O) groups is 2. The first-order chi connectivity index (χ1) is 6.99. The van der Waals surface area contributed by atoms with Crippen molar-refractivity contribution in [1.29, 1.82) is 0 Å². The number of aliphatic carboxylic acids is 1. The number of carboxylic acids is 1. The zero-order valence-corrected chi connectivity index (χ0v) is 10.4. The molecule has 2 N–H and O–H groups in total. The lowest BCUT2D eigenvalue weighted by atomic mass is 10.3. The Morgan fingerprint density at radius 2 is 2.27 bits per heavy atom. The van der Waals surface area contributed by atoms with Crippen LogP contribution in [0.5, 0.6) is 0 Å². The first kappa shape index (κ1) is 12.2. The van der Waals surface area contributed by atoms with Crippen molar-refractivity contribution in [3.8, 4) is 0 Å². The lowest BCUT2D eigenvalue weighted by molar-refractivity contribution is -0.141. The molecule has 6 heteroatoms. The fourth-order valence-corrected chi connectivity index (χ4v) is 2.44. The maximum Gasteiger partial charge on any atom is 0.325 e. The smallest absolute Gasteiger partial charge is 0.325 e. The van der Waals surface area contributed by atoms with Gasteiger partial charge in [0.15, 0.2) is 0 Å². The third-order valence-corrected chi connectivity index (χ3v) is 3.34. The molecule has 1 rings (SSSR count). The van der Waals surface area contributed by atoms with Crippen LogP contribution in [0.15, 0.2) is 15.9 Å². The molecule has 1 aromatic heterocycles. The largest absolute Gasteiger partial charge is 0.480 e. The molecule has 0 unspecified atom stereocenters. The average molecular weight is 292 g/mol. The van der Waals surface area contributed by atoms with E-state index in [2.05, 4.69) is 21.2 Å². The Kier molecular flexibility index (Phi) is 4.28. The van der Waals surface area contributed by atoms with Crippen molar-refractivity contribution < 1.29 is 14.7 Å². The van der Waals surface area contributed by atoms with Crippen LogP contribution >= 0.6 is 27.3 Å². The Morgan fingerprint density at radius 3 is 2.73 bits per heavy atom. The zero-order valence-electron chi connectivity index (χ0n) is 7.99. The summed E-state index contributed by atoms with van der Waals surface area (Å²) in [5, 5.41) is 11.0. The second kappa shape index (κ2) is 5.27. The van der Waals surface area contributed by atoms with Gasteiger partial charge in [-0.25, -0.2) is 0 Å². The van der Waals surface area contributed by atoms with Crippen LogP contribution in [0.1, 0.15) is 11.8 Å². The molecule has 1 heterocycles. The minimum atomic E-state index is -1.03. The number of carbonyl (C=O) groups excluding carboxylic acids is 1. The van der Waals surface area contributed by atoms with Gasteiger partial charge in [-0.15, -0.1) is 11.3 Å². The van der Waals surface area contributed by atoms with E-state index in [0.717, 1.165) is 8.66 Å². The van der Waals surface area contributed by atoms with Crippen LogP contribution in [0.25, 0.3) is 0 Å². The topological polar surface area (TPSA) is 66.4 Å². The van der Waals surface area contributed by atoms with Crippen molar-refractivity contribution in [2.75, 3.05) is 0 Å². The lowest BCUT2D eigenvalue weighted by Crippen LogP contribution is -2.39. The molecule has 1 aromatic rings. The number of thiophene rings is 1. The van der Waals surface area contributed by atoms with E-state index in [4.69, 9.17) is 5.11 Å². The highest BCUT2D eigenvalue weighted by Gasteiger charge is 2.14. The molecule has 0 aliphatic carbocycles. The van der Waals surface area contributed by atoms with Crippen LogP contribution in [-0.4, -0.2) is 23.0 Å². The van der Waals surface area contributed by atoms with Crippen LogP contribution in [0, 0.1) is 0 Å². The molecule has 1 amide bonds. The Bertz CT molecular complexity index is 377. The Morgan fingerprint density at radius 1 is 1.60 bits per heavy atom. The molecule has 0 spiro atoms. The van der Waals surface area contributed by atoms with E-state index in [0.29, 0.717) is 0 Å². The van der Waals surface area contributed by atoms with Gasteiger partial charge in [-0.2, -0.15) is 0 Å². The van der Waals surface area contributed by atoms with Crippen molar-refractivity contribution in [3.05, 3.63) is 20.8 Å². The number of amides is 1. The number of hydrogen-bond donors (Lipinski definition) is 2. The summed E-state index contributed by atoms with van der Waals surface area (Å²) in [7, 11) is 0. The van der Waals surface area contributed by atoms with Gasteiger partial charge in [0.1, 0.15) is 6.04 Å². The van der Waals surface area contributed by atoms with Crippen LogP contribution in [-0.2, 0) is 16.0 Å². The highest BCUT2D eigenvalue weighted by Crippen LogP contribution is 2.22. The van der Waals surface area contributed by atoms with Crippen LogP contribution in [0.4, 0.5) is 0 Å². The number of rotatable bonds is 4. The van der Waals surface area contributed by atoms with Crippen molar-refractivity contribution in [2.45, 2.75) is 19.4 Å². The molecule has 0 saturated carbocycles. The SMILES string of the molecule is C[C@H](NC(=O)Cc1ccc(Br)s1)C(=O)O. The monoisotopic (exact) mass is 291 g/mol. The molecule has 0 aromatic carbocycles. The minimum absolute atomic E-state index is 0.216. The van der Waals surface area contributed by atoms with Gasteiger partial charge in [0.05, 0.1) is 10.2 Å². The van der Waals surface area contributed by atoms with Gasteiger partial charge < -0.3 is 10.4 Å². The maximum atomic E-state index is 11.4. The summed E-state index contributed by atoms with van der Waals surface area (Å²) in [5.74, 6) is -1.31. The number of hydrogen-bond acceptors (Lipinski definition) is 3. The number of nitrogens with one attached hydrogen (secondary N) is 1. The second-order valence-electron chi connectivity index (χ2n) is 3.01. The summed E-state index contributed by atoms with van der Waals surface area (Å²) in [6, 6.07) is 2.84. The van der Waals surface area contributed by atoms with Gasteiger partial charge in [-0.3, -0.25) is 9.59 Å². The fourth-order valence-electron chi connectivity index (χ4n) is 0.959.